The molecule has 3 atom stereocenters. The number of aliphatic hydroxyl groups is 1. The van der Waals surface area contributed by atoms with Crippen LogP contribution >= 0.6 is 0 Å². The molecule has 2 fully saturated rings. The highest BCUT2D eigenvalue weighted by Gasteiger charge is 2.39. The molecule has 0 radical (unpaired) electrons. The quantitative estimate of drug-likeness (QED) is 0.832. The summed E-state index contributed by atoms with van der Waals surface area (Å²) >= 11 is 0. The van der Waals surface area contributed by atoms with Crippen molar-refractivity contribution in [1.29, 1.82) is 0 Å². The molecule has 0 amide bonds. The van der Waals surface area contributed by atoms with Gasteiger partial charge in [-0.3, -0.25) is 9.80 Å². The fraction of sp³-hybridized carbons (Fsp3) is 0.478. The number of hydrogen-bond donors (Lipinski definition) is 1. The van der Waals surface area contributed by atoms with Gasteiger partial charge in [0.05, 0.1) is 20.3 Å². The molecule has 2 saturated heterocycles. The van der Waals surface area contributed by atoms with Crippen LogP contribution in [0.15, 0.2) is 48.5 Å². The van der Waals surface area contributed by atoms with Gasteiger partial charge in [0, 0.05) is 49.9 Å². The van der Waals surface area contributed by atoms with Crippen LogP contribution in [0.2, 0.25) is 0 Å². The topological polar surface area (TPSA) is 45.2 Å². The minimum Gasteiger partial charge on any atom is -0.497 e. The Bertz CT molecular complexity index is 783. The Morgan fingerprint density at radius 3 is 2.57 bits per heavy atom. The Labute approximate surface area is 167 Å². The summed E-state index contributed by atoms with van der Waals surface area (Å²) in [4.78, 5) is 5.04. The summed E-state index contributed by atoms with van der Waals surface area (Å²) in [7, 11) is 3.39. The van der Waals surface area contributed by atoms with E-state index in [-0.39, 0.29) is 6.10 Å². The second kappa shape index (κ2) is 8.52. The van der Waals surface area contributed by atoms with E-state index in [4.69, 9.17) is 9.47 Å². The minimum atomic E-state index is -0.196. The normalized spacial score (nSPS) is 25.5. The van der Waals surface area contributed by atoms with Crippen molar-refractivity contribution in [1.82, 2.24) is 9.80 Å². The number of fused-ring (bicyclic) bond motifs is 1. The summed E-state index contributed by atoms with van der Waals surface area (Å²) in [6.45, 7) is 3.61. The summed E-state index contributed by atoms with van der Waals surface area (Å²) in [5.41, 5.74) is 2.53. The van der Waals surface area contributed by atoms with E-state index in [0.717, 1.165) is 50.5 Å². The first kappa shape index (κ1) is 19.2. The van der Waals surface area contributed by atoms with Gasteiger partial charge in [0.1, 0.15) is 11.5 Å². The number of methoxy groups -OCH3 is 2. The molecular weight excluding hydrogens is 352 g/mol. The Kier molecular flexibility index (Phi) is 5.85. The summed E-state index contributed by atoms with van der Waals surface area (Å²) in [6.07, 6.45) is 1.69. The van der Waals surface area contributed by atoms with Crippen LogP contribution in [0.25, 0.3) is 0 Å². The predicted molar refractivity (Wildman–Crippen MR) is 110 cm³/mol. The fourth-order valence-electron chi connectivity index (χ4n) is 4.65. The van der Waals surface area contributed by atoms with E-state index in [9.17, 15) is 5.11 Å². The van der Waals surface area contributed by atoms with Crippen LogP contribution in [0.1, 0.15) is 17.5 Å². The SMILES string of the molecule is COc1ccc(CN2C[C@@H]3C[C@@H](O)CN3C[C@@H]2Cc2ccccc2)c(OC)c1. The number of benzene rings is 2. The zero-order valence-electron chi connectivity index (χ0n) is 16.8. The second-order valence-corrected chi connectivity index (χ2v) is 7.95. The lowest BCUT2D eigenvalue weighted by Crippen LogP contribution is -2.56. The van der Waals surface area contributed by atoms with Crippen LogP contribution in [0.5, 0.6) is 11.5 Å². The number of rotatable bonds is 6. The fourth-order valence-corrected chi connectivity index (χ4v) is 4.65. The van der Waals surface area contributed by atoms with Gasteiger partial charge in [0.15, 0.2) is 0 Å². The van der Waals surface area contributed by atoms with E-state index >= 15 is 0 Å². The van der Waals surface area contributed by atoms with E-state index < -0.39 is 0 Å². The highest BCUT2D eigenvalue weighted by atomic mass is 16.5. The van der Waals surface area contributed by atoms with Crippen LogP contribution < -0.4 is 9.47 Å². The molecule has 0 unspecified atom stereocenters. The Balaban J connectivity index is 1.56. The third-order valence-corrected chi connectivity index (χ3v) is 6.09. The monoisotopic (exact) mass is 382 g/mol. The molecule has 0 aromatic heterocycles. The third-order valence-electron chi connectivity index (χ3n) is 6.09. The molecule has 0 spiro atoms. The first-order chi connectivity index (χ1) is 13.7. The van der Waals surface area contributed by atoms with Gasteiger partial charge >= 0.3 is 0 Å². The molecule has 0 aliphatic carbocycles. The van der Waals surface area contributed by atoms with Gasteiger partial charge in [0.2, 0.25) is 0 Å². The number of hydrogen-bond acceptors (Lipinski definition) is 5. The van der Waals surface area contributed by atoms with Gasteiger partial charge in [-0.2, -0.15) is 0 Å². The van der Waals surface area contributed by atoms with Gasteiger partial charge in [-0.25, -0.2) is 0 Å². The highest BCUT2D eigenvalue weighted by Crippen LogP contribution is 2.31. The zero-order chi connectivity index (χ0) is 19.5. The van der Waals surface area contributed by atoms with E-state index in [2.05, 4.69) is 46.2 Å². The molecule has 5 heteroatoms. The lowest BCUT2D eigenvalue weighted by Gasteiger charge is -2.44. The van der Waals surface area contributed by atoms with Crippen molar-refractivity contribution >= 4 is 0 Å². The standard InChI is InChI=1S/C23H30N2O3/c1-27-22-9-8-18(23(12-22)28-2)13-24-15-20-11-21(26)16-25(20)14-19(24)10-17-6-4-3-5-7-17/h3-9,12,19-21,26H,10-11,13-16H2,1-2H3/t19-,20-,21+/m0/s1. The van der Waals surface area contributed by atoms with Crippen LogP contribution in [0.3, 0.4) is 0 Å². The van der Waals surface area contributed by atoms with Gasteiger partial charge in [-0.05, 0) is 24.5 Å². The highest BCUT2D eigenvalue weighted by molar-refractivity contribution is 5.40. The molecule has 0 saturated carbocycles. The van der Waals surface area contributed by atoms with Gasteiger partial charge in [0.25, 0.3) is 0 Å². The number of piperazine rings is 1. The van der Waals surface area contributed by atoms with Crippen molar-refractivity contribution in [3.05, 3.63) is 59.7 Å². The zero-order valence-corrected chi connectivity index (χ0v) is 16.8. The maximum absolute atomic E-state index is 10.2. The van der Waals surface area contributed by atoms with Crippen LogP contribution in [0, 0.1) is 0 Å². The Morgan fingerprint density at radius 2 is 1.82 bits per heavy atom. The lowest BCUT2D eigenvalue weighted by molar-refractivity contribution is 0.0440. The molecule has 150 valence electrons. The number of aliphatic hydroxyl groups excluding tert-OH is 1. The maximum Gasteiger partial charge on any atom is 0.127 e. The van der Waals surface area contributed by atoms with Gasteiger partial charge < -0.3 is 14.6 Å². The molecule has 2 aromatic carbocycles. The molecule has 2 aliphatic rings. The van der Waals surface area contributed by atoms with Crippen LogP contribution in [-0.2, 0) is 13.0 Å². The van der Waals surface area contributed by atoms with E-state index in [0.29, 0.717) is 12.1 Å². The molecule has 4 rings (SSSR count). The number of nitrogens with zero attached hydrogens (tertiary/aromatic N) is 2. The predicted octanol–water partition coefficient (Wildman–Crippen LogP) is 2.57. The first-order valence-electron chi connectivity index (χ1n) is 10.1. The number of ether oxygens (including phenoxy) is 2. The Hall–Kier alpha value is -2.08. The molecule has 5 nitrogen and oxygen atoms in total. The maximum atomic E-state index is 10.2. The summed E-state index contributed by atoms with van der Waals surface area (Å²) in [5.74, 6) is 1.68. The van der Waals surface area contributed by atoms with E-state index in [1.165, 1.54) is 11.1 Å². The van der Waals surface area contributed by atoms with Crippen molar-refractivity contribution in [2.24, 2.45) is 0 Å². The first-order valence-corrected chi connectivity index (χ1v) is 10.1. The van der Waals surface area contributed by atoms with E-state index in [1.54, 1.807) is 14.2 Å². The largest absolute Gasteiger partial charge is 0.497 e. The van der Waals surface area contributed by atoms with Crippen LogP contribution in [-0.4, -0.2) is 66.9 Å². The molecular formula is C23H30N2O3. The van der Waals surface area contributed by atoms with Crippen molar-refractivity contribution in [3.8, 4) is 11.5 Å². The average molecular weight is 383 g/mol. The Morgan fingerprint density at radius 1 is 1.00 bits per heavy atom. The molecule has 28 heavy (non-hydrogen) atoms. The van der Waals surface area contributed by atoms with Crippen molar-refractivity contribution < 1.29 is 14.6 Å². The van der Waals surface area contributed by atoms with Gasteiger partial charge in [-0.1, -0.05) is 36.4 Å². The molecule has 0 bridgehead atoms. The molecule has 2 aliphatic heterocycles. The van der Waals surface area contributed by atoms with Crippen molar-refractivity contribution in [2.45, 2.75) is 37.6 Å². The van der Waals surface area contributed by atoms with Crippen LogP contribution in [0.4, 0.5) is 0 Å². The second-order valence-electron chi connectivity index (χ2n) is 7.95. The van der Waals surface area contributed by atoms with Gasteiger partial charge in [-0.15, -0.1) is 0 Å². The third kappa shape index (κ3) is 4.17. The van der Waals surface area contributed by atoms with Crippen molar-refractivity contribution in [2.75, 3.05) is 33.9 Å². The lowest BCUT2D eigenvalue weighted by atomic mass is 9.98. The van der Waals surface area contributed by atoms with Crippen molar-refractivity contribution in [3.63, 3.8) is 0 Å². The minimum absolute atomic E-state index is 0.196. The average Bonchev–Trinajstić information content (AvgIpc) is 3.08. The smallest absolute Gasteiger partial charge is 0.127 e. The molecule has 2 heterocycles. The summed E-state index contributed by atoms with van der Waals surface area (Å²) < 4.78 is 11.0. The molecule has 2 aromatic rings. The van der Waals surface area contributed by atoms with E-state index in [1.807, 2.05) is 12.1 Å². The summed E-state index contributed by atoms with van der Waals surface area (Å²) in [6, 6.07) is 17.6. The summed E-state index contributed by atoms with van der Waals surface area (Å²) in [5, 5.41) is 10.2. The molecule has 1 N–H and O–H groups in total.